The molecule has 3 saturated heterocycles. The molecular weight excluding hydrogens is 434 g/mol. The van der Waals surface area contributed by atoms with Crippen LogP contribution in [0.4, 0.5) is 4.79 Å². The number of rotatable bonds is 4. The molecule has 1 aromatic carbocycles. The number of nitrogens with zero attached hydrogens (tertiary/aromatic N) is 3. The lowest BCUT2D eigenvalue weighted by atomic mass is 9.87. The Kier molecular flexibility index (Phi) is 6.29. The number of urea groups is 1. The number of hydrogen-bond acceptors (Lipinski definition) is 5. The third-order valence-corrected chi connectivity index (χ3v) is 8.05. The van der Waals surface area contributed by atoms with E-state index in [0.717, 1.165) is 64.0 Å². The number of benzene rings is 1. The van der Waals surface area contributed by atoms with Gasteiger partial charge in [-0.15, -0.1) is 0 Å². The Hall–Kier alpha value is -2.94. The van der Waals surface area contributed by atoms with E-state index in [-0.39, 0.29) is 30.2 Å². The number of carbonyl (C=O) groups excluding carboxylic acids is 4. The molecule has 0 aliphatic carbocycles. The predicted molar refractivity (Wildman–Crippen MR) is 125 cm³/mol. The zero-order valence-corrected chi connectivity index (χ0v) is 19.5. The molecule has 4 heterocycles. The Morgan fingerprint density at radius 2 is 1.74 bits per heavy atom. The molecule has 4 aliphatic rings. The van der Waals surface area contributed by atoms with Crippen LogP contribution in [0.1, 0.15) is 65.9 Å². The lowest BCUT2D eigenvalue weighted by molar-refractivity contribution is -0.136. The predicted octanol–water partition coefficient (Wildman–Crippen LogP) is 1.42. The van der Waals surface area contributed by atoms with Gasteiger partial charge in [-0.1, -0.05) is 12.1 Å². The molecule has 0 bridgehead atoms. The van der Waals surface area contributed by atoms with Crippen LogP contribution in [0.2, 0.25) is 0 Å². The van der Waals surface area contributed by atoms with Gasteiger partial charge in [-0.05, 0) is 74.2 Å². The van der Waals surface area contributed by atoms with E-state index in [4.69, 9.17) is 5.73 Å². The molecule has 182 valence electrons. The van der Waals surface area contributed by atoms with Gasteiger partial charge in [-0.2, -0.15) is 0 Å². The molecule has 1 unspecified atom stereocenters. The Morgan fingerprint density at radius 3 is 2.41 bits per heavy atom. The lowest BCUT2D eigenvalue weighted by Crippen LogP contribution is -2.52. The van der Waals surface area contributed by atoms with Crippen molar-refractivity contribution in [3.63, 3.8) is 0 Å². The van der Waals surface area contributed by atoms with Crippen molar-refractivity contribution in [3.8, 4) is 0 Å². The Morgan fingerprint density at radius 1 is 1.00 bits per heavy atom. The molecule has 0 saturated carbocycles. The SMILES string of the molecule is NC(=O)N1CCC(CN2CCC(c3ccc4c(c3)C(=O)N(C3CCC(=O)NC3=O)C4)CC2)CC1. The maximum atomic E-state index is 13.1. The first-order chi connectivity index (χ1) is 16.4. The summed E-state index contributed by atoms with van der Waals surface area (Å²) in [6.07, 6.45) is 4.80. The van der Waals surface area contributed by atoms with E-state index >= 15 is 0 Å². The third kappa shape index (κ3) is 4.53. The zero-order chi connectivity index (χ0) is 23.8. The summed E-state index contributed by atoms with van der Waals surface area (Å²) < 4.78 is 0. The summed E-state index contributed by atoms with van der Waals surface area (Å²) >= 11 is 0. The monoisotopic (exact) mass is 467 g/mol. The third-order valence-electron chi connectivity index (χ3n) is 8.05. The zero-order valence-electron chi connectivity index (χ0n) is 19.5. The first-order valence-corrected chi connectivity index (χ1v) is 12.4. The number of nitrogens with one attached hydrogen (secondary N) is 1. The van der Waals surface area contributed by atoms with Crippen LogP contribution in [0.5, 0.6) is 0 Å². The molecule has 5 amide bonds. The highest BCUT2D eigenvalue weighted by Gasteiger charge is 2.39. The van der Waals surface area contributed by atoms with Gasteiger partial charge in [-0.25, -0.2) is 4.79 Å². The molecule has 9 heteroatoms. The van der Waals surface area contributed by atoms with E-state index in [0.29, 0.717) is 30.4 Å². The first-order valence-electron chi connectivity index (χ1n) is 12.4. The summed E-state index contributed by atoms with van der Waals surface area (Å²) in [5, 5.41) is 2.36. The van der Waals surface area contributed by atoms with Crippen LogP contribution in [0.15, 0.2) is 18.2 Å². The van der Waals surface area contributed by atoms with Gasteiger partial charge >= 0.3 is 6.03 Å². The van der Waals surface area contributed by atoms with Crippen LogP contribution < -0.4 is 11.1 Å². The van der Waals surface area contributed by atoms with Crippen LogP contribution >= 0.6 is 0 Å². The average molecular weight is 468 g/mol. The topological polar surface area (TPSA) is 116 Å². The van der Waals surface area contributed by atoms with E-state index in [2.05, 4.69) is 16.3 Å². The fourth-order valence-corrected chi connectivity index (χ4v) is 5.98. The molecule has 34 heavy (non-hydrogen) atoms. The second-order valence-electron chi connectivity index (χ2n) is 10.2. The van der Waals surface area contributed by atoms with Gasteiger partial charge in [-0.3, -0.25) is 19.7 Å². The van der Waals surface area contributed by atoms with Crippen LogP contribution in [0, 0.1) is 5.92 Å². The van der Waals surface area contributed by atoms with Crippen molar-refractivity contribution >= 4 is 23.8 Å². The summed E-state index contributed by atoms with van der Waals surface area (Å²) in [7, 11) is 0. The molecular formula is C25H33N5O4. The second kappa shape index (κ2) is 9.37. The summed E-state index contributed by atoms with van der Waals surface area (Å²) in [5.74, 6) is 0.297. The number of imide groups is 1. The van der Waals surface area contributed by atoms with Crippen LogP contribution in [-0.4, -0.2) is 77.2 Å². The normalized spacial score (nSPS) is 24.9. The molecule has 1 aromatic rings. The Labute approximate surface area is 199 Å². The summed E-state index contributed by atoms with van der Waals surface area (Å²) in [6.45, 7) is 5.09. The number of likely N-dealkylation sites (tertiary alicyclic amines) is 2. The maximum Gasteiger partial charge on any atom is 0.314 e. The number of hydrogen-bond donors (Lipinski definition) is 2. The second-order valence-corrected chi connectivity index (χ2v) is 10.2. The highest BCUT2D eigenvalue weighted by atomic mass is 16.2. The van der Waals surface area contributed by atoms with E-state index in [1.54, 1.807) is 9.80 Å². The molecule has 0 spiro atoms. The Bertz CT molecular complexity index is 995. The summed E-state index contributed by atoms with van der Waals surface area (Å²) in [6, 6.07) is 5.32. The van der Waals surface area contributed by atoms with Crippen molar-refractivity contribution < 1.29 is 19.2 Å². The quantitative estimate of drug-likeness (QED) is 0.650. The number of piperidine rings is 3. The number of fused-ring (bicyclic) bond motifs is 1. The van der Waals surface area contributed by atoms with Crippen LogP contribution in [0.25, 0.3) is 0 Å². The minimum absolute atomic E-state index is 0.105. The Balaban J connectivity index is 1.16. The number of primary amides is 1. The summed E-state index contributed by atoms with van der Waals surface area (Å²) in [5.41, 5.74) is 8.25. The largest absolute Gasteiger partial charge is 0.351 e. The molecule has 0 radical (unpaired) electrons. The van der Waals surface area contributed by atoms with E-state index < -0.39 is 6.04 Å². The minimum atomic E-state index is -0.570. The van der Waals surface area contributed by atoms with Crippen molar-refractivity contribution in [2.45, 2.75) is 57.0 Å². The maximum absolute atomic E-state index is 13.1. The molecule has 1 atom stereocenters. The first kappa shape index (κ1) is 22.8. The van der Waals surface area contributed by atoms with Gasteiger partial charge in [0.15, 0.2) is 0 Å². The van der Waals surface area contributed by atoms with Gasteiger partial charge in [0, 0.05) is 38.2 Å². The minimum Gasteiger partial charge on any atom is -0.351 e. The van der Waals surface area contributed by atoms with Crippen molar-refractivity contribution in [2.24, 2.45) is 11.7 Å². The van der Waals surface area contributed by atoms with Crippen molar-refractivity contribution in [1.29, 1.82) is 0 Å². The highest BCUT2D eigenvalue weighted by Crippen LogP contribution is 2.34. The van der Waals surface area contributed by atoms with E-state index in [1.807, 2.05) is 12.1 Å². The highest BCUT2D eigenvalue weighted by molar-refractivity contribution is 6.05. The van der Waals surface area contributed by atoms with Gasteiger partial charge < -0.3 is 20.4 Å². The summed E-state index contributed by atoms with van der Waals surface area (Å²) in [4.78, 5) is 54.1. The molecule has 4 aliphatic heterocycles. The standard InChI is InChI=1S/C25H33N5O4/c26-25(34)29-11-5-16(6-12-29)14-28-9-7-17(8-10-28)18-1-2-19-15-30(24(33)20(19)13-18)21-3-4-22(31)27-23(21)32/h1-2,13,16-17,21H,3-12,14-15H2,(H2,26,34)(H,27,31,32). The number of nitrogens with two attached hydrogens (primary N) is 1. The number of carbonyl (C=O) groups is 4. The van der Waals surface area contributed by atoms with Crippen molar-refractivity contribution in [3.05, 3.63) is 34.9 Å². The molecule has 5 rings (SSSR count). The molecule has 3 N–H and O–H groups in total. The van der Waals surface area contributed by atoms with Crippen LogP contribution in [-0.2, 0) is 16.1 Å². The van der Waals surface area contributed by atoms with Crippen molar-refractivity contribution in [2.75, 3.05) is 32.7 Å². The fourth-order valence-electron chi connectivity index (χ4n) is 5.98. The number of amides is 5. The van der Waals surface area contributed by atoms with Gasteiger partial charge in [0.1, 0.15) is 6.04 Å². The van der Waals surface area contributed by atoms with Gasteiger partial charge in [0.25, 0.3) is 5.91 Å². The van der Waals surface area contributed by atoms with E-state index in [1.165, 1.54) is 5.56 Å². The molecule has 3 fully saturated rings. The van der Waals surface area contributed by atoms with Crippen LogP contribution in [0.3, 0.4) is 0 Å². The van der Waals surface area contributed by atoms with E-state index in [9.17, 15) is 19.2 Å². The van der Waals surface area contributed by atoms with Gasteiger partial charge in [0.05, 0.1) is 0 Å². The molecule has 0 aromatic heterocycles. The fraction of sp³-hybridized carbons (Fsp3) is 0.600. The van der Waals surface area contributed by atoms with Gasteiger partial charge in [0.2, 0.25) is 11.8 Å². The van der Waals surface area contributed by atoms with Crippen molar-refractivity contribution in [1.82, 2.24) is 20.0 Å². The lowest BCUT2D eigenvalue weighted by Gasteiger charge is -2.37. The average Bonchev–Trinajstić information content (AvgIpc) is 3.15. The molecule has 9 nitrogen and oxygen atoms in total. The smallest absolute Gasteiger partial charge is 0.314 e.